The number of nitrogens with zero attached hydrogens (tertiary/aromatic N) is 5. The van der Waals surface area contributed by atoms with Gasteiger partial charge in [-0.2, -0.15) is 4.98 Å². The number of piperazine rings is 1. The molecule has 45 heavy (non-hydrogen) atoms. The molecule has 0 aliphatic carbocycles. The number of aryl methyl sites for hydroxylation is 1. The van der Waals surface area contributed by atoms with Crippen LogP contribution >= 0.6 is 0 Å². The topological polar surface area (TPSA) is 102 Å². The zero-order chi connectivity index (χ0) is 31.5. The van der Waals surface area contributed by atoms with Gasteiger partial charge in [0.05, 0.1) is 25.6 Å². The van der Waals surface area contributed by atoms with E-state index in [-0.39, 0.29) is 17.3 Å². The van der Waals surface area contributed by atoms with E-state index in [4.69, 9.17) is 19.4 Å². The largest absolute Gasteiger partial charge is 0.493 e. The molecule has 3 aromatic carbocycles. The van der Waals surface area contributed by atoms with Gasteiger partial charge in [0, 0.05) is 55.4 Å². The van der Waals surface area contributed by atoms with Gasteiger partial charge in [0.15, 0.2) is 17.1 Å². The molecule has 11 heteroatoms. The summed E-state index contributed by atoms with van der Waals surface area (Å²) in [6, 6.07) is 22.1. The maximum Gasteiger partial charge on any atom is 0.256 e. The molecule has 0 unspecified atom stereocenters. The third kappa shape index (κ3) is 6.14. The number of carbonyl (C=O) groups excluding carboxylic acids is 1. The SMILES string of the molecule is COc1ccc(CNC(=O)c2ccc(-n3c(=O)ccc4c(C)nc(N5CCN(c6ccc(F)cc6)CC5)nc43)cc2)cc1OC. The minimum atomic E-state index is -0.257. The average Bonchev–Trinajstić information content (AvgIpc) is 3.07. The number of benzene rings is 3. The number of hydrogen-bond donors (Lipinski definition) is 1. The quantitative estimate of drug-likeness (QED) is 0.275. The lowest BCUT2D eigenvalue weighted by atomic mass is 10.1. The third-order valence-corrected chi connectivity index (χ3v) is 7.97. The Bertz CT molecular complexity index is 1900. The summed E-state index contributed by atoms with van der Waals surface area (Å²) in [5.74, 6) is 1.24. The van der Waals surface area contributed by atoms with Crippen LogP contribution in [-0.2, 0) is 6.54 Å². The molecule has 0 radical (unpaired) electrons. The molecule has 1 fully saturated rings. The number of anilines is 2. The number of nitrogens with one attached hydrogen (secondary N) is 1. The first-order chi connectivity index (χ1) is 21.8. The van der Waals surface area contributed by atoms with Gasteiger partial charge in [-0.05, 0) is 79.2 Å². The van der Waals surface area contributed by atoms with Crippen molar-refractivity contribution in [3.63, 3.8) is 0 Å². The van der Waals surface area contributed by atoms with E-state index in [1.54, 1.807) is 67.3 Å². The predicted octanol–water partition coefficient (Wildman–Crippen LogP) is 4.50. The van der Waals surface area contributed by atoms with E-state index >= 15 is 0 Å². The van der Waals surface area contributed by atoms with Crippen molar-refractivity contribution in [3.8, 4) is 17.2 Å². The zero-order valence-electron chi connectivity index (χ0n) is 25.3. The van der Waals surface area contributed by atoms with Crippen LogP contribution in [0.25, 0.3) is 16.7 Å². The molecular formula is C34H33FN6O4. The summed E-state index contributed by atoms with van der Waals surface area (Å²) in [5, 5.41) is 3.69. The van der Waals surface area contributed by atoms with Gasteiger partial charge in [0.1, 0.15) is 5.82 Å². The highest BCUT2D eigenvalue weighted by atomic mass is 19.1. The van der Waals surface area contributed by atoms with E-state index < -0.39 is 0 Å². The zero-order valence-corrected chi connectivity index (χ0v) is 25.3. The van der Waals surface area contributed by atoms with Gasteiger partial charge in [-0.3, -0.25) is 14.2 Å². The second-order valence-corrected chi connectivity index (χ2v) is 10.7. The van der Waals surface area contributed by atoms with Crippen molar-refractivity contribution >= 4 is 28.6 Å². The van der Waals surface area contributed by atoms with Gasteiger partial charge < -0.3 is 24.6 Å². The Labute approximate surface area is 259 Å². The maximum absolute atomic E-state index is 13.4. The summed E-state index contributed by atoms with van der Waals surface area (Å²) in [4.78, 5) is 40.1. The van der Waals surface area contributed by atoms with Crippen molar-refractivity contribution in [2.24, 2.45) is 0 Å². The molecule has 10 nitrogen and oxygen atoms in total. The Morgan fingerprint density at radius 1 is 0.822 bits per heavy atom. The van der Waals surface area contributed by atoms with E-state index in [1.165, 1.54) is 18.2 Å². The van der Waals surface area contributed by atoms with Crippen LogP contribution in [0.2, 0.25) is 0 Å². The molecule has 0 bridgehead atoms. The smallest absolute Gasteiger partial charge is 0.256 e. The second kappa shape index (κ2) is 12.7. The summed E-state index contributed by atoms with van der Waals surface area (Å²) >= 11 is 0. The number of fused-ring (bicyclic) bond motifs is 1. The Balaban J connectivity index is 1.21. The Morgan fingerprint density at radius 2 is 1.49 bits per heavy atom. The van der Waals surface area contributed by atoms with E-state index in [0.717, 1.165) is 35.4 Å². The van der Waals surface area contributed by atoms with Crippen molar-refractivity contribution in [2.45, 2.75) is 13.5 Å². The van der Waals surface area contributed by atoms with Crippen molar-refractivity contribution in [1.82, 2.24) is 19.9 Å². The van der Waals surface area contributed by atoms with Crippen LogP contribution in [0.4, 0.5) is 16.0 Å². The van der Waals surface area contributed by atoms with Gasteiger partial charge in [-0.25, -0.2) is 9.37 Å². The third-order valence-electron chi connectivity index (χ3n) is 7.97. The van der Waals surface area contributed by atoms with Crippen molar-refractivity contribution in [2.75, 3.05) is 50.2 Å². The van der Waals surface area contributed by atoms with E-state index in [2.05, 4.69) is 15.1 Å². The molecule has 230 valence electrons. The summed E-state index contributed by atoms with van der Waals surface area (Å²) in [6.07, 6.45) is 0. The highest BCUT2D eigenvalue weighted by molar-refractivity contribution is 5.94. The van der Waals surface area contributed by atoms with Crippen LogP contribution in [0.3, 0.4) is 0 Å². The molecule has 0 atom stereocenters. The Morgan fingerprint density at radius 3 is 2.18 bits per heavy atom. The monoisotopic (exact) mass is 608 g/mol. The van der Waals surface area contributed by atoms with Crippen LogP contribution in [-0.4, -0.2) is 60.8 Å². The minimum Gasteiger partial charge on any atom is -0.493 e. The molecular weight excluding hydrogens is 575 g/mol. The summed E-state index contributed by atoms with van der Waals surface area (Å²) in [5.41, 5.74) is 3.90. The number of ether oxygens (including phenoxy) is 2. The van der Waals surface area contributed by atoms with E-state index in [9.17, 15) is 14.0 Å². The number of pyridine rings is 1. The lowest BCUT2D eigenvalue weighted by Crippen LogP contribution is -2.47. The fourth-order valence-corrected chi connectivity index (χ4v) is 5.50. The lowest BCUT2D eigenvalue weighted by molar-refractivity contribution is 0.0951. The molecule has 2 aromatic heterocycles. The van der Waals surface area contributed by atoms with Crippen LogP contribution in [0.5, 0.6) is 11.5 Å². The van der Waals surface area contributed by atoms with Gasteiger partial charge in [-0.15, -0.1) is 0 Å². The highest BCUT2D eigenvalue weighted by Gasteiger charge is 2.21. The van der Waals surface area contributed by atoms with Crippen molar-refractivity contribution < 1.29 is 18.7 Å². The van der Waals surface area contributed by atoms with Crippen LogP contribution < -0.4 is 30.1 Å². The number of hydrogen-bond acceptors (Lipinski definition) is 8. The van der Waals surface area contributed by atoms with Gasteiger partial charge in [-0.1, -0.05) is 6.07 Å². The van der Waals surface area contributed by atoms with E-state index in [0.29, 0.717) is 54.0 Å². The molecule has 6 rings (SSSR count). The molecule has 3 heterocycles. The predicted molar refractivity (Wildman–Crippen MR) is 171 cm³/mol. The number of carbonyl (C=O) groups is 1. The minimum absolute atomic E-state index is 0.238. The van der Waals surface area contributed by atoms with Crippen LogP contribution in [0.15, 0.2) is 83.7 Å². The standard InChI is InChI=1S/C34H33FN6O4/c1-22-28-13-15-31(42)41(32(28)38-34(37-22)40-18-16-39(17-19-40)26-11-7-25(35)8-12-26)27-9-5-24(6-10-27)33(43)36-21-23-4-14-29(44-2)30(20-23)45-3/h4-15,20H,16-19,21H2,1-3H3,(H,36,43). The first-order valence-electron chi connectivity index (χ1n) is 14.6. The molecule has 1 N–H and O–H groups in total. The van der Waals surface area contributed by atoms with Gasteiger partial charge in [0.25, 0.3) is 11.5 Å². The molecule has 0 saturated carbocycles. The lowest BCUT2D eigenvalue weighted by Gasteiger charge is -2.36. The number of methoxy groups -OCH3 is 2. The highest BCUT2D eigenvalue weighted by Crippen LogP contribution is 2.28. The summed E-state index contributed by atoms with van der Waals surface area (Å²) < 4.78 is 25.6. The molecule has 1 amide bonds. The Kier molecular flexibility index (Phi) is 8.33. The fourth-order valence-electron chi connectivity index (χ4n) is 5.50. The van der Waals surface area contributed by atoms with Crippen molar-refractivity contribution in [1.29, 1.82) is 0 Å². The van der Waals surface area contributed by atoms with Crippen LogP contribution in [0.1, 0.15) is 21.6 Å². The maximum atomic E-state index is 13.4. The summed E-state index contributed by atoms with van der Waals surface area (Å²) in [6.45, 7) is 5.01. The second-order valence-electron chi connectivity index (χ2n) is 10.7. The molecule has 1 aliphatic rings. The number of amides is 1. The fraction of sp³-hybridized carbons (Fsp3) is 0.235. The summed E-state index contributed by atoms with van der Waals surface area (Å²) in [7, 11) is 3.14. The first kappa shape index (κ1) is 29.6. The number of rotatable bonds is 8. The van der Waals surface area contributed by atoms with Crippen LogP contribution in [0, 0.1) is 12.7 Å². The first-order valence-corrected chi connectivity index (χ1v) is 14.6. The van der Waals surface area contributed by atoms with Gasteiger partial charge in [0.2, 0.25) is 5.95 Å². The van der Waals surface area contributed by atoms with Gasteiger partial charge >= 0.3 is 0 Å². The molecule has 1 aliphatic heterocycles. The van der Waals surface area contributed by atoms with E-state index in [1.807, 2.05) is 19.1 Å². The average molecular weight is 609 g/mol. The number of halogens is 1. The molecule has 0 spiro atoms. The normalized spacial score (nSPS) is 13.2. The molecule has 1 saturated heterocycles. The van der Waals surface area contributed by atoms with Crippen molar-refractivity contribution in [3.05, 3.63) is 112 Å². The Hall–Kier alpha value is -5.45. The number of aromatic nitrogens is 3. The molecule has 5 aromatic rings.